The third-order valence-corrected chi connectivity index (χ3v) is 6.36. The summed E-state index contributed by atoms with van der Waals surface area (Å²) in [6, 6.07) is 6.36. The predicted octanol–water partition coefficient (Wildman–Crippen LogP) is 6.01. The van der Waals surface area contributed by atoms with Crippen LogP contribution in [0.15, 0.2) is 64.1 Å². The molecule has 0 unspecified atom stereocenters. The van der Waals surface area contributed by atoms with Crippen LogP contribution in [0.4, 0.5) is 5.69 Å². The third-order valence-electron chi connectivity index (χ3n) is 6.36. The number of allylic oxidation sites excluding steroid dienone is 2. The number of rotatable bonds is 8. The van der Waals surface area contributed by atoms with E-state index >= 15 is 0 Å². The standard InChI is InChI=1S/C25H34N4/c1-8-25(9-2)15-29(16-25)20(7)22-14-23(26-10-3)24(28-22)19(6)27-21-12-11-17(4)13-18(21)5/h10-13,27H,6-9,14-16H2,1-5H3. The van der Waals surface area contributed by atoms with Gasteiger partial charge in [0.05, 0.1) is 22.8 Å². The first kappa shape index (κ1) is 21.1. The first-order valence-corrected chi connectivity index (χ1v) is 10.6. The van der Waals surface area contributed by atoms with Crippen LogP contribution in [0, 0.1) is 19.3 Å². The average molecular weight is 391 g/mol. The third kappa shape index (κ3) is 4.21. The zero-order chi connectivity index (χ0) is 21.2. The topological polar surface area (TPSA) is 40.0 Å². The van der Waals surface area contributed by atoms with E-state index in [9.17, 15) is 0 Å². The predicted molar refractivity (Wildman–Crippen MR) is 126 cm³/mol. The van der Waals surface area contributed by atoms with E-state index in [1.165, 1.54) is 24.0 Å². The highest BCUT2D eigenvalue weighted by atomic mass is 15.2. The summed E-state index contributed by atoms with van der Waals surface area (Å²) < 4.78 is 0. The molecule has 0 aromatic heterocycles. The summed E-state index contributed by atoms with van der Waals surface area (Å²) in [5.41, 5.74) is 8.52. The Hall–Kier alpha value is -2.62. The van der Waals surface area contributed by atoms with Crippen LogP contribution in [0.5, 0.6) is 0 Å². The second-order valence-corrected chi connectivity index (χ2v) is 8.35. The normalized spacial score (nSPS) is 18.1. The molecule has 2 aliphatic rings. The maximum absolute atomic E-state index is 4.91. The molecule has 0 atom stereocenters. The Morgan fingerprint density at radius 1 is 1.24 bits per heavy atom. The van der Waals surface area contributed by atoms with Gasteiger partial charge in [0.2, 0.25) is 0 Å². The first-order valence-electron chi connectivity index (χ1n) is 10.6. The highest BCUT2D eigenvalue weighted by Crippen LogP contribution is 2.40. The van der Waals surface area contributed by atoms with Crippen LogP contribution in [0.25, 0.3) is 0 Å². The second-order valence-electron chi connectivity index (χ2n) is 8.35. The molecule has 2 aliphatic heterocycles. The molecular formula is C25H34N4. The van der Waals surface area contributed by atoms with Gasteiger partial charge in [-0.1, -0.05) is 44.7 Å². The largest absolute Gasteiger partial charge is 0.369 e. The zero-order valence-corrected chi connectivity index (χ0v) is 18.6. The van der Waals surface area contributed by atoms with Crippen molar-refractivity contribution in [3.63, 3.8) is 0 Å². The summed E-state index contributed by atoms with van der Waals surface area (Å²) in [6.45, 7) is 21.5. The van der Waals surface area contributed by atoms with E-state index in [2.05, 4.69) is 74.3 Å². The van der Waals surface area contributed by atoms with Crippen LogP contribution >= 0.6 is 0 Å². The van der Waals surface area contributed by atoms with Crippen molar-refractivity contribution in [1.29, 1.82) is 0 Å². The Bertz CT molecular complexity index is 905. The Morgan fingerprint density at radius 3 is 2.52 bits per heavy atom. The Balaban J connectivity index is 1.76. The smallest absolute Gasteiger partial charge is 0.108 e. The first-order chi connectivity index (χ1) is 13.8. The van der Waals surface area contributed by atoms with Gasteiger partial charge in [0.25, 0.3) is 0 Å². The number of aryl methyl sites for hydroxylation is 2. The molecular weight excluding hydrogens is 356 g/mol. The lowest BCUT2D eigenvalue weighted by atomic mass is 9.74. The van der Waals surface area contributed by atoms with Crippen molar-refractivity contribution in [2.24, 2.45) is 15.4 Å². The summed E-state index contributed by atoms with van der Waals surface area (Å²) >= 11 is 0. The zero-order valence-electron chi connectivity index (χ0n) is 18.6. The lowest BCUT2D eigenvalue weighted by Crippen LogP contribution is -2.55. The molecule has 29 heavy (non-hydrogen) atoms. The van der Waals surface area contributed by atoms with E-state index in [-0.39, 0.29) is 0 Å². The molecule has 3 rings (SSSR count). The number of hydrogen-bond donors (Lipinski definition) is 1. The van der Waals surface area contributed by atoms with Crippen LogP contribution in [0.2, 0.25) is 0 Å². The van der Waals surface area contributed by atoms with Gasteiger partial charge in [0.15, 0.2) is 0 Å². The molecule has 1 saturated heterocycles. The highest BCUT2D eigenvalue weighted by molar-refractivity contribution is 6.03. The number of benzene rings is 1. The van der Waals surface area contributed by atoms with Gasteiger partial charge < -0.3 is 10.2 Å². The fourth-order valence-corrected chi connectivity index (χ4v) is 4.16. The summed E-state index contributed by atoms with van der Waals surface area (Å²) in [7, 11) is 0. The van der Waals surface area contributed by atoms with Gasteiger partial charge in [0, 0.05) is 36.8 Å². The molecule has 0 saturated carbocycles. The average Bonchev–Trinajstić information content (AvgIpc) is 3.08. The molecule has 0 amide bonds. The summed E-state index contributed by atoms with van der Waals surface area (Å²) in [5.74, 6) is 0. The molecule has 0 bridgehead atoms. The number of aliphatic imine (C=N–C) groups is 2. The Labute approximate surface area is 175 Å². The highest BCUT2D eigenvalue weighted by Gasteiger charge is 2.41. The summed E-state index contributed by atoms with van der Waals surface area (Å²) in [5, 5.41) is 3.44. The quantitative estimate of drug-likeness (QED) is 0.552. The van der Waals surface area contributed by atoms with E-state index < -0.39 is 0 Å². The van der Waals surface area contributed by atoms with Gasteiger partial charge in [-0.2, -0.15) is 0 Å². The van der Waals surface area contributed by atoms with Crippen LogP contribution < -0.4 is 5.32 Å². The number of hydrogen-bond acceptors (Lipinski definition) is 4. The van der Waals surface area contributed by atoms with Gasteiger partial charge in [-0.15, -0.1) is 0 Å². The SMILES string of the molecule is C=C(Nc1ccc(C)cc1C)C1=C(N=CC)CC(C(=C)N2CC(CC)(CC)C2)=N1. The van der Waals surface area contributed by atoms with Gasteiger partial charge in [-0.3, -0.25) is 4.99 Å². The molecule has 154 valence electrons. The van der Waals surface area contributed by atoms with Gasteiger partial charge in [0.1, 0.15) is 5.70 Å². The minimum absolute atomic E-state index is 0.441. The van der Waals surface area contributed by atoms with Crippen LogP contribution in [-0.2, 0) is 0 Å². The molecule has 4 heteroatoms. The van der Waals surface area contributed by atoms with Crippen molar-refractivity contribution >= 4 is 17.6 Å². The molecule has 1 fully saturated rings. The van der Waals surface area contributed by atoms with E-state index in [0.29, 0.717) is 11.8 Å². The maximum Gasteiger partial charge on any atom is 0.108 e. The van der Waals surface area contributed by atoms with E-state index in [1.807, 2.05) is 13.1 Å². The Kier molecular flexibility index (Phi) is 6.11. The number of nitrogens with one attached hydrogen (secondary N) is 1. The van der Waals surface area contributed by atoms with Gasteiger partial charge in [-0.05, 0) is 45.2 Å². The van der Waals surface area contributed by atoms with Gasteiger partial charge >= 0.3 is 0 Å². The van der Waals surface area contributed by atoms with Crippen molar-refractivity contribution in [1.82, 2.24) is 4.90 Å². The van der Waals surface area contributed by atoms with Crippen LogP contribution in [0.3, 0.4) is 0 Å². The van der Waals surface area contributed by atoms with Crippen molar-refractivity contribution in [2.45, 2.75) is 53.9 Å². The van der Waals surface area contributed by atoms with Crippen LogP contribution in [-0.4, -0.2) is 29.9 Å². The minimum Gasteiger partial charge on any atom is -0.369 e. The molecule has 1 aromatic carbocycles. The Morgan fingerprint density at radius 2 is 1.93 bits per heavy atom. The number of likely N-dealkylation sites (tertiary alicyclic amines) is 1. The molecule has 4 nitrogen and oxygen atoms in total. The fourth-order valence-electron chi connectivity index (χ4n) is 4.16. The van der Waals surface area contributed by atoms with E-state index in [0.717, 1.165) is 47.3 Å². The molecule has 0 aliphatic carbocycles. The minimum atomic E-state index is 0.441. The monoisotopic (exact) mass is 390 g/mol. The molecule has 1 N–H and O–H groups in total. The molecule has 0 radical (unpaired) electrons. The second kappa shape index (κ2) is 8.40. The van der Waals surface area contributed by atoms with Crippen molar-refractivity contribution in [2.75, 3.05) is 18.4 Å². The van der Waals surface area contributed by atoms with E-state index in [1.54, 1.807) is 0 Å². The molecule has 1 aromatic rings. The van der Waals surface area contributed by atoms with Crippen LogP contribution in [0.1, 0.15) is 51.2 Å². The number of anilines is 1. The fraction of sp³-hybridized carbons (Fsp3) is 0.440. The van der Waals surface area contributed by atoms with Crippen molar-refractivity contribution in [3.05, 3.63) is 65.3 Å². The van der Waals surface area contributed by atoms with Gasteiger partial charge in [-0.25, -0.2) is 4.99 Å². The molecule has 0 spiro atoms. The van der Waals surface area contributed by atoms with Crippen molar-refractivity contribution in [3.8, 4) is 0 Å². The lowest BCUT2D eigenvalue weighted by Gasteiger charge is -2.51. The van der Waals surface area contributed by atoms with E-state index in [4.69, 9.17) is 4.99 Å². The summed E-state index contributed by atoms with van der Waals surface area (Å²) in [6.07, 6.45) is 4.95. The number of nitrogens with zero attached hydrogens (tertiary/aromatic N) is 3. The van der Waals surface area contributed by atoms with Crippen molar-refractivity contribution < 1.29 is 0 Å². The lowest BCUT2D eigenvalue weighted by molar-refractivity contribution is 0.0273. The summed E-state index contributed by atoms with van der Waals surface area (Å²) in [4.78, 5) is 11.9. The molecule has 2 heterocycles. The maximum atomic E-state index is 4.91.